The molecule has 0 aliphatic heterocycles. The van der Waals surface area contributed by atoms with Crippen molar-refractivity contribution in [1.29, 1.82) is 0 Å². The number of anilines is 1. The van der Waals surface area contributed by atoms with Crippen molar-refractivity contribution in [1.82, 2.24) is 0 Å². The summed E-state index contributed by atoms with van der Waals surface area (Å²) in [4.78, 5) is 20.3. The molecule has 0 aromatic heterocycles. The minimum Gasteiger partial charge on any atom is -0.278 e. The van der Waals surface area contributed by atoms with Crippen molar-refractivity contribution in [2.75, 3.05) is 5.43 Å². The van der Waals surface area contributed by atoms with Gasteiger partial charge in [-0.1, -0.05) is 6.07 Å². The van der Waals surface area contributed by atoms with Crippen molar-refractivity contribution in [2.24, 2.45) is 5.10 Å². The first-order valence-electron chi connectivity index (χ1n) is 6.27. The minimum atomic E-state index is -0.488. The molecule has 0 bridgehead atoms. The Morgan fingerprint density at radius 1 is 1.00 bits per heavy atom. The van der Waals surface area contributed by atoms with Crippen LogP contribution in [-0.4, -0.2) is 15.6 Å². The monoisotopic (exact) mass is 300 g/mol. The van der Waals surface area contributed by atoms with Crippen LogP contribution in [0, 0.1) is 20.2 Å². The number of hydrogen-bond donors (Lipinski definition) is 1. The molecule has 0 saturated carbocycles. The van der Waals surface area contributed by atoms with Crippen molar-refractivity contribution in [3.8, 4) is 0 Å². The maximum absolute atomic E-state index is 10.7. The molecule has 0 amide bonds. The Labute approximate surface area is 125 Å². The Morgan fingerprint density at radius 2 is 1.64 bits per heavy atom. The summed E-state index contributed by atoms with van der Waals surface area (Å²) in [6, 6.07) is 11.9. The third-order valence-electron chi connectivity index (χ3n) is 2.91. The van der Waals surface area contributed by atoms with Crippen LogP contribution in [-0.2, 0) is 0 Å². The zero-order valence-electron chi connectivity index (χ0n) is 11.6. The SMILES string of the molecule is C/C(=N\Nc1cccc([N+](=O)[O-])c1)c1ccc([N+](=O)[O-])cc1. The highest BCUT2D eigenvalue weighted by molar-refractivity contribution is 5.99. The highest BCUT2D eigenvalue weighted by Gasteiger charge is 2.07. The molecule has 0 radical (unpaired) electrons. The molecule has 8 nitrogen and oxygen atoms in total. The first-order valence-corrected chi connectivity index (χ1v) is 6.27. The third-order valence-corrected chi connectivity index (χ3v) is 2.91. The second-order valence-electron chi connectivity index (χ2n) is 4.42. The number of hydrogen-bond acceptors (Lipinski definition) is 6. The van der Waals surface area contributed by atoms with Gasteiger partial charge in [-0.25, -0.2) is 0 Å². The zero-order valence-corrected chi connectivity index (χ0v) is 11.6. The summed E-state index contributed by atoms with van der Waals surface area (Å²) in [5, 5.41) is 25.4. The lowest BCUT2D eigenvalue weighted by Gasteiger charge is -2.03. The number of nitro benzene ring substituents is 2. The van der Waals surface area contributed by atoms with Gasteiger partial charge in [0.25, 0.3) is 11.4 Å². The van der Waals surface area contributed by atoms with Gasteiger partial charge in [-0.2, -0.15) is 5.10 Å². The summed E-state index contributed by atoms with van der Waals surface area (Å²) in [6.07, 6.45) is 0. The molecule has 0 atom stereocenters. The van der Waals surface area contributed by atoms with Gasteiger partial charge in [0.1, 0.15) is 0 Å². The maximum Gasteiger partial charge on any atom is 0.271 e. The average molecular weight is 300 g/mol. The summed E-state index contributed by atoms with van der Waals surface area (Å²) in [7, 11) is 0. The molecular formula is C14H12N4O4. The lowest BCUT2D eigenvalue weighted by atomic mass is 10.1. The van der Waals surface area contributed by atoms with Crippen molar-refractivity contribution in [2.45, 2.75) is 6.92 Å². The lowest BCUT2D eigenvalue weighted by Crippen LogP contribution is -2.00. The summed E-state index contributed by atoms with van der Waals surface area (Å²) in [5.74, 6) is 0. The fraction of sp³-hybridized carbons (Fsp3) is 0.0714. The van der Waals surface area contributed by atoms with E-state index in [1.807, 2.05) is 0 Å². The minimum absolute atomic E-state index is 0.00296. The standard InChI is InChI=1S/C14H12N4O4/c1-10(11-5-7-13(8-6-11)17(19)20)15-16-12-3-2-4-14(9-12)18(21)22/h2-9,16H,1H3/b15-10+. The van der Waals surface area contributed by atoms with E-state index in [-0.39, 0.29) is 11.4 Å². The molecular weight excluding hydrogens is 288 g/mol. The molecule has 0 saturated heterocycles. The molecule has 8 heteroatoms. The molecule has 0 aliphatic carbocycles. The van der Waals surface area contributed by atoms with E-state index in [1.54, 1.807) is 31.2 Å². The number of hydrazone groups is 1. The summed E-state index contributed by atoms with van der Waals surface area (Å²) in [5.41, 5.74) is 4.49. The topological polar surface area (TPSA) is 111 Å². The Balaban J connectivity index is 2.14. The van der Waals surface area contributed by atoms with Gasteiger partial charge in [-0.3, -0.25) is 25.7 Å². The van der Waals surface area contributed by atoms with Crippen LogP contribution in [0.2, 0.25) is 0 Å². The van der Waals surface area contributed by atoms with Crippen LogP contribution < -0.4 is 5.43 Å². The Hall–Kier alpha value is -3.29. The Bertz CT molecular complexity index is 741. The first kappa shape index (κ1) is 15.1. The van der Waals surface area contributed by atoms with Crippen LogP contribution in [0.25, 0.3) is 0 Å². The van der Waals surface area contributed by atoms with Crippen LogP contribution >= 0.6 is 0 Å². The molecule has 22 heavy (non-hydrogen) atoms. The lowest BCUT2D eigenvalue weighted by molar-refractivity contribution is -0.385. The first-order chi connectivity index (χ1) is 10.5. The second-order valence-corrected chi connectivity index (χ2v) is 4.42. The van der Waals surface area contributed by atoms with Crippen LogP contribution in [0.4, 0.5) is 17.1 Å². The van der Waals surface area contributed by atoms with Gasteiger partial charge in [-0.05, 0) is 30.7 Å². The Kier molecular flexibility index (Phi) is 4.42. The zero-order chi connectivity index (χ0) is 16.1. The van der Waals surface area contributed by atoms with Crippen molar-refractivity contribution in [3.63, 3.8) is 0 Å². The van der Waals surface area contributed by atoms with E-state index in [0.29, 0.717) is 17.0 Å². The molecule has 2 aromatic carbocycles. The van der Waals surface area contributed by atoms with Crippen molar-refractivity contribution >= 4 is 22.8 Å². The van der Waals surface area contributed by atoms with Crippen molar-refractivity contribution in [3.05, 3.63) is 74.3 Å². The molecule has 1 N–H and O–H groups in total. The van der Waals surface area contributed by atoms with E-state index in [2.05, 4.69) is 10.5 Å². The molecule has 0 fully saturated rings. The van der Waals surface area contributed by atoms with Gasteiger partial charge in [0.05, 0.1) is 21.2 Å². The van der Waals surface area contributed by atoms with E-state index >= 15 is 0 Å². The van der Waals surface area contributed by atoms with E-state index in [0.717, 1.165) is 0 Å². The number of nitro groups is 2. The highest BCUT2D eigenvalue weighted by atomic mass is 16.6. The third kappa shape index (κ3) is 3.63. The predicted octanol–water partition coefficient (Wildman–Crippen LogP) is 3.34. The van der Waals surface area contributed by atoms with Gasteiger partial charge >= 0.3 is 0 Å². The highest BCUT2D eigenvalue weighted by Crippen LogP contribution is 2.17. The van der Waals surface area contributed by atoms with Crippen molar-refractivity contribution < 1.29 is 9.85 Å². The fourth-order valence-corrected chi connectivity index (χ4v) is 1.73. The van der Waals surface area contributed by atoms with Crippen LogP contribution in [0.15, 0.2) is 53.6 Å². The molecule has 0 aliphatic rings. The normalized spacial score (nSPS) is 11.0. The van der Waals surface area contributed by atoms with Crippen LogP contribution in [0.3, 0.4) is 0 Å². The molecule has 2 rings (SSSR count). The number of benzene rings is 2. The van der Waals surface area contributed by atoms with Gasteiger partial charge in [-0.15, -0.1) is 0 Å². The van der Waals surface area contributed by atoms with Gasteiger partial charge in [0, 0.05) is 24.3 Å². The van der Waals surface area contributed by atoms with Gasteiger partial charge in [0.15, 0.2) is 0 Å². The largest absolute Gasteiger partial charge is 0.278 e. The van der Waals surface area contributed by atoms with Crippen LogP contribution in [0.5, 0.6) is 0 Å². The molecule has 112 valence electrons. The summed E-state index contributed by atoms with van der Waals surface area (Å²) >= 11 is 0. The Morgan fingerprint density at radius 3 is 2.23 bits per heavy atom. The molecule has 0 unspecified atom stereocenters. The molecule has 0 heterocycles. The van der Waals surface area contributed by atoms with Gasteiger partial charge < -0.3 is 0 Å². The number of non-ortho nitro benzene ring substituents is 2. The number of nitrogens with one attached hydrogen (secondary N) is 1. The van der Waals surface area contributed by atoms with E-state index in [9.17, 15) is 20.2 Å². The van der Waals surface area contributed by atoms with E-state index < -0.39 is 9.85 Å². The smallest absolute Gasteiger partial charge is 0.271 e. The molecule has 2 aromatic rings. The quantitative estimate of drug-likeness (QED) is 0.517. The predicted molar refractivity (Wildman–Crippen MR) is 82.0 cm³/mol. The van der Waals surface area contributed by atoms with E-state index in [4.69, 9.17) is 0 Å². The number of nitrogens with zero attached hydrogens (tertiary/aromatic N) is 3. The summed E-state index contributed by atoms with van der Waals surface area (Å²) < 4.78 is 0. The van der Waals surface area contributed by atoms with Gasteiger partial charge in [0.2, 0.25) is 0 Å². The summed E-state index contributed by atoms with van der Waals surface area (Å²) in [6.45, 7) is 1.73. The molecule has 0 spiro atoms. The second kappa shape index (κ2) is 6.44. The maximum atomic E-state index is 10.7. The van der Waals surface area contributed by atoms with E-state index in [1.165, 1.54) is 24.3 Å². The average Bonchev–Trinajstić information content (AvgIpc) is 2.53. The fourth-order valence-electron chi connectivity index (χ4n) is 1.73. The number of rotatable bonds is 5. The van der Waals surface area contributed by atoms with Crippen LogP contribution in [0.1, 0.15) is 12.5 Å².